The van der Waals surface area contributed by atoms with Gasteiger partial charge in [0.2, 0.25) is 0 Å². The highest BCUT2D eigenvalue weighted by Gasteiger charge is 2.22. The van der Waals surface area contributed by atoms with Crippen LogP contribution in [-0.2, 0) is 13.0 Å². The number of amides is 1. The van der Waals surface area contributed by atoms with Crippen molar-refractivity contribution in [2.75, 3.05) is 6.61 Å². The van der Waals surface area contributed by atoms with Crippen LogP contribution in [0.5, 0.6) is 11.5 Å². The van der Waals surface area contributed by atoms with Gasteiger partial charge in [-0.05, 0) is 39.0 Å². The fourth-order valence-electron chi connectivity index (χ4n) is 2.91. The number of carbonyl (C=O) groups excluding carboxylic acids is 2. The van der Waals surface area contributed by atoms with E-state index >= 15 is 0 Å². The zero-order valence-corrected chi connectivity index (χ0v) is 14.6. The van der Waals surface area contributed by atoms with E-state index in [4.69, 9.17) is 9.47 Å². The molecule has 0 bridgehead atoms. The van der Waals surface area contributed by atoms with Crippen molar-refractivity contribution in [3.8, 4) is 11.5 Å². The average molecular weight is 342 g/mol. The van der Waals surface area contributed by atoms with Crippen molar-refractivity contribution in [1.29, 1.82) is 0 Å². The molecule has 1 aromatic heterocycles. The van der Waals surface area contributed by atoms with Crippen molar-refractivity contribution < 1.29 is 19.1 Å². The molecule has 6 nitrogen and oxygen atoms in total. The molecule has 132 valence electrons. The van der Waals surface area contributed by atoms with Crippen LogP contribution in [0, 0.1) is 0 Å². The van der Waals surface area contributed by atoms with E-state index in [1.54, 1.807) is 6.07 Å². The van der Waals surface area contributed by atoms with Gasteiger partial charge < -0.3 is 19.8 Å². The summed E-state index contributed by atoms with van der Waals surface area (Å²) < 4.78 is 11.5. The van der Waals surface area contributed by atoms with Gasteiger partial charge in [0.15, 0.2) is 5.78 Å². The van der Waals surface area contributed by atoms with Crippen molar-refractivity contribution >= 4 is 11.7 Å². The Labute approximate surface area is 146 Å². The van der Waals surface area contributed by atoms with Crippen LogP contribution in [0.15, 0.2) is 24.4 Å². The Morgan fingerprint density at radius 3 is 2.84 bits per heavy atom. The molecule has 1 aliphatic rings. The maximum Gasteiger partial charge on any atom is 0.267 e. The molecule has 0 unspecified atom stereocenters. The van der Waals surface area contributed by atoms with Crippen molar-refractivity contribution in [1.82, 2.24) is 10.3 Å². The summed E-state index contributed by atoms with van der Waals surface area (Å²) in [6, 6.07) is 5.47. The maximum atomic E-state index is 12.3. The second kappa shape index (κ2) is 7.01. The van der Waals surface area contributed by atoms with E-state index < -0.39 is 0 Å². The molecule has 25 heavy (non-hydrogen) atoms. The Balaban J connectivity index is 1.74. The van der Waals surface area contributed by atoms with Gasteiger partial charge in [0, 0.05) is 35.9 Å². The maximum absolute atomic E-state index is 12.3. The Bertz CT molecular complexity index is 810. The van der Waals surface area contributed by atoms with Crippen molar-refractivity contribution in [2.24, 2.45) is 0 Å². The summed E-state index contributed by atoms with van der Waals surface area (Å²) in [5, 5.41) is 2.85. The van der Waals surface area contributed by atoms with E-state index in [-0.39, 0.29) is 17.8 Å². The second-order valence-electron chi connectivity index (χ2n) is 6.17. The zero-order chi connectivity index (χ0) is 18.0. The van der Waals surface area contributed by atoms with Gasteiger partial charge in [-0.2, -0.15) is 0 Å². The number of hydrogen-bond acceptors (Lipinski definition) is 4. The number of rotatable bonds is 6. The third kappa shape index (κ3) is 3.68. The monoisotopic (exact) mass is 342 g/mol. The lowest BCUT2D eigenvalue weighted by Gasteiger charge is -2.13. The second-order valence-corrected chi connectivity index (χ2v) is 6.17. The number of H-pyrrole nitrogens is 1. The molecule has 0 radical (unpaired) electrons. The predicted octanol–water partition coefficient (Wildman–Crippen LogP) is 2.87. The minimum atomic E-state index is -0.273. The summed E-state index contributed by atoms with van der Waals surface area (Å²) in [5.41, 5.74) is 2.83. The first kappa shape index (κ1) is 17.1. The van der Waals surface area contributed by atoms with E-state index in [0.717, 1.165) is 29.0 Å². The van der Waals surface area contributed by atoms with E-state index in [9.17, 15) is 9.59 Å². The van der Waals surface area contributed by atoms with Crippen LogP contribution >= 0.6 is 0 Å². The first-order valence-electron chi connectivity index (χ1n) is 8.40. The molecule has 2 aromatic rings. The van der Waals surface area contributed by atoms with Gasteiger partial charge in [0.1, 0.15) is 23.3 Å². The van der Waals surface area contributed by atoms with Gasteiger partial charge in [-0.1, -0.05) is 0 Å². The number of Topliss-reactive ketones (excluding diaryl/α,β-unsaturated/α-hetero) is 1. The van der Waals surface area contributed by atoms with E-state index in [2.05, 4.69) is 10.3 Å². The minimum Gasteiger partial charge on any atom is -0.494 e. The smallest absolute Gasteiger partial charge is 0.267 e. The number of aromatic nitrogens is 1. The Morgan fingerprint density at radius 1 is 1.36 bits per heavy atom. The van der Waals surface area contributed by atoms with Gasteiger partial charge in [-0.25, -0.2) is 0 Å². The molecule has 3 rings (SSSR count). The summed E-state index contributed by atoms with van der Waals surface area (Å²) >= 11 is 0. The highest BCUT2D eigenvalue weighted by atomic mass is 16.5. The van der Waals surface area contributed by atoms with Crippen LogP contribution in [0.3, 0.4) is 0 Å². The highest BCUT2D eigenvalue weighted by Crippen LogP contribution is 2.35. The topological polar surface area (TPSA) is 80.4 Å². The Kier molecular flexibility index (Phi) is 4.79. The number of hydrogen-bond donors (Lipinski definition) is 2. The van der Waals surface area contributed by atoms with Crippen LogP contribution in [0.4, 0.5) is 0 Å². The molecule has 1 amide bonds. The molecule has 1 aliphatic heterocycles. The van der Waals surface area contributed by atoms with Crippen molar-refractivity contribution in [3.05, 3.63) is 46.8 Å². The molecule has 6 heteroatoms. The first-order valence-corrected chi connectivity index (χ1v) is 8.40. The summed E-state index contributed by atoms with van der Waals surface area (Å²) in [4.78, 5) is 26.4. The molecule has 0 aliphatic carbocycles. The molecule has 2 N–H and O–H groups in total. The molecule has 0 spiro atoms. The lowest BCUT2D eigenvalue weighted by molar-refractivity contribution is 0.0946. The van der Waals surface area contributed by atoms with Crippen LogP contribution in [0.2, 0.25) is 0 Å². The van der Waals surface area contributed by atoms with Gasteiger partial charge >= 0.3 is 0 Å². The zero-order valence-electron chi connectivity index (χ0n) is 14.6. The van der Waals surface area contributed by atoms with Gasteiger partial charge in [0.25, 0.3) is 5.91 Å². The van der Waals surface area contributed by atoms with Crippen LogP contribution in [0.25, 0.3) is 0 Å². The third-order valence-corrected chi connectivity index (χ3v) is 4.15. The van der Waals surface area contributed by atoms with Crippen LogP contribution in [0.1, 0.15) is 52.7 Å². The number of aromatic amines is 1. The van der Waals surface area contributed by atoms with E-state index in [1.165, 1.54) is 13.1 Å². The molecular weight excluding hydrogens is 320 g/mol. The van der Waals surface area contributed by atoms with E-state index in [0.29, 0.717) is 24.4 Å². The minimum absolute atomic E-state index is 0.0844. The number of carbonyl (C=O) groups is 2. The quantitative estimate of drug-likeness (QED) is 0.791. The molecular formula is C19H22N2O4. The largest absolute Gasteiger partial charge is 0.494 e. The average Bonchev–Trinajstić information content (AvgIpc) is 3.18. The van der Waals surface area contributed by atoms with Crippen LogP contribution in [-0.4, -0.2) is 29.4 Å². The first-order chi connectivity index (χ1) is 12.0. The number of nitrogens with one attached hydrogen (secondary N) is 2. The number of ketones is 1. The van der Waals surface area contributed by atoms with Crippen LogP contribution < -0.4 is 14.8 Å². The lowest BCUT2D eigenvalue weighted by atomic mass is 10.1. The number of benzene rings is 1. The standard InChI is InChI=1S/C19H22N2O4/c1-4-24-17-7-13-5-11(2)25-18(13)8-15(17)10-21-19(23)16-6-14(9-20-16)12(3)22/h6-9,11,20H,4-5,10H2,1-3H3,(H,21,23)/t11-/m0/s1. The fraction of sp³-hybridized carbons (Fsp3) is 0.368. The molecule has 1 atom stereocenters. The van der Waals surface area contributed by atoms with Crippen molar-refractivity contribution in [3.63, 3.8) is 0 Å². The third-order valence-electron chi connectivity index (χ3n) is 4.15. The SMILES string of the molecule is CCOc1cc2c(cc1CNC(=O)c1cc(C(C)=O)c[nH]1)O[C@@H](C)C2. The summed E-state index contributed by atoms with van der Waals surface area (Å²) in [6.07, 6.45) is 2.55. The Hall–Kier alpha value is -2.76. The molecule has 1 aromatic carbocycles. The summed E-state index contributed by atoms with van der Waals surface area (Å²) in [7, 11) is 0. The van der Waals surface area contributed by atoms with E-state index in [1.807, 2.05) is 26.0 Å². The molecule has 0 fully saturated rings. The molecule has 2 heterocycles. The van der Waals surface area contributed by atoms with Crippen molar-refractivity contribution in [2.45, 2.75) is 39.8 Å². The highest BCUT2D eigenvalue weighted by molar-refractivity contribution is 5.99. The Morgan fingerprint density at radius 2 is 2.16 bits per heavy atom. The number of ether oxygens (including phenoxy) is 2. The lowest BCUT2D eigenvalue weighted by Crippen LogP contribution is -2.23. The van der Waals surface area contributed by atoms with Gasteiger partial charge in [-0.3, -0.25) is 9.59 Å². The fourth-order valence-corrected chi connectivity index (χ4v) is 2.91. The summed E-state index contributed by atoms with van der Waals surface area (Å²) in [6.45, 7) is 6.28. The van der Waals surface area contributed by atoms with Gasteiger partial charge in [0.05, 0.1) is 6.61 Å². The molecule has 0 saturated heterocycles. The predicted molar refractivity (Wildman–Crippen MR) is 93.4 cm³/mol. The normalized spacial score (nSPS) is 15.4. The van der Waals surface area contributed by atoms with Gasteiger partial charge in [-0.15, -0.1) is 0 Å². The summed E-state index contributed by atoms with van der Waals surface area (Å²) in [5.74, 6) is 1.25. The number of fused-ring (bicyclic) bond motifs is 1. The molecule has 0 saturated carbocycles.